The second kappa shape index (κ2) is 8.29. The van der Waals surface area contributed by atoms with E-state index in [9.17, 15) is 14.4 Å². The lowest BCUT2D eigenvalue weighted by Crippen LogP contribution is -2.64. The number of fused-ring (bicyclic) bond motifs is 3. The van der Waals surface area contributed by atoms with E-state index in [-0.39, 0.29) is 24.3 Å². The number of benzene rings is 1. The number of hydrogen-bond acceptors (Lipinski definition) is 4. The minimum absolute atomic E-state index is 0.155. The number of rotatable bonds is 7. The smallest absolute Gasteiger partial charge is 0.271 e. The van der Waals surface area contributed by atoms with Crippen LogP contribution in [-0.2, 0) is 22.6 Å². The third-order valence-corrected chi connectivity index (χ3v) is 5.83. The number of hydrogen-bond donors (Lipinski definition) is 2. The Morgan fingerprint density at radius 2 is 1.97 bits per heavy atom. The Bertz CT molecular complexity index is 1120. The van der Waals surface area contributed by atoms with E-state index in [4.69, 9.17) is 4.42 Å². The number of amides is 3. The van der Waals surface area contributed by atoms with Crippen LogP contribution in [0.15, 0.2) is 53.1 Å². The number of likely N-dealkylation sites (N-methyl/N-ethyl adjacent to an activating group) is 1. The van der Waals surface area contributed by atoms with E-state index in [1.807, 2.05) is 47.9 Å². The molecular formula is C23H26N4O4. The summed E-state index contributed by atoms with van der Waals surface area (Å²) in [6.07, 6.45) is 2.16. The Hall–Kier alpha value is -3.55. The van der Waals surface area contributed by atoms with Crippen LogP contribution in [0, 0.1) is 0 Å². The first-order valence-corrected chi connectivity index (χ1v) is 10.4. The molecule has 3 heterocycles. The Morgan fingerprint density at radius 3 is 2.71 bits per heavy atom. The number of nitrogens with one attached hydrogen (secondary N) is 2. The van der Waals surface area contributed by atoms with Crippen molar-refractivity contribution in [2.24, 2.45) is 0 Å². The first-order valence-electron chi connectivity index (χ1n) is 10.4. The number of aromatic nitrogens is 1. The first-order chi connectivity index (χ1) is 14.9. The number of carbonyl (C=O) groups excluding carboxylic acids is 3. The highest BCUT2D eigenvalue weighted by Gasteiger charge is 2.46. The number of furan rings is 1. The molecule has 0 saturated carbocycles. The molecule has 2 aromatic heterocycles. The summed E-state index contributed by atoms with van der Waals surface area (Å²) in [5.74, 6) is -0.0514. The summed E-state index contributed by atoms with van der Waals surface area (Å²) < 4.78 is 7.13. The largest absolute Gasteiger partial charge is 0.469 e. The zero-order valence-corrected chi connectivity index (χ0v) is 17.7. The summed E-state index contributed by atoms with van der Waals surface area (Å²) in [5, 5.41) is 6.43. The van der Waals surface area contributed by atoms with Crippen molar-refractivity contribution >= 4 is 28.6 Å². The maximum Gasteiger partial charge on any atom is 0.271 e. The van der Waals surface area contributed by atoms with E-state index in [1.165, 1.54) is 0 Å². The molecule has 0 bridgehead atoms. The van der Waals surface area contributed by atoms with Crippen LogP contribution in [0.25, 0.3) is 10.9 Å². The maximum atomic E-state index is 13.2. The summed E-state index contributed by atoms with van der Waals surface area (Å²) >= 11 is 0. The van der Waals surface area contributed by atoms with Gasteiger partial charge in [0.2, 0.25) is 11.8 Å². The van der Waals surface area contributed by atoms with Gasteiger partial charge in [-0.25, -0.2) is 0 Å². The average molecular weight is 422 g/mol. The molecule has 1 aliphatic heterocycles. The second-order valence-corrected chi connectivity index (χ2v) is 7.86. The standard InChI is InChI=1S/C23H26N4O4/c1-3-27-21(29)19-13-16-7-4-5-9-18(16)26(19)15-23(27,2)22(30)25-14-20(28)24-11-10-17-8-6-12-31-17/h4-9,12-13H,3,10-11,14-15H2,1-2H3,(H,24,28)(H,25,30)/t23-/m1/s1. The van der Waals surface area contributed by atoms with Crippen LogP contribution < -0.4 is 10.6 Å². The Morgan fingerprint density at radius 1 is 1.16 bits per heavy atom. The third-order valence-electron chi connectivity index (χ3n) is 5.83. The Labute approximate surface area is 180 Å². The highest BCUT2D eigenvalue weighted by atomic mass is 16.3. The van der Waals surface area contributed by atoms with Crippen LogP contribution in [0.5, 0.6) is 0 Å². The van der Waals surface area contributed by atoms with Crippen molar-refractivity contribution in [3.8, 4) is 0 Å². The minimum Gasteiger partial charge on any atom is -0.469 e. The van der Waals surface area contributed by atoms with Gasteiger partial charge in [0, 0.05) is 30.4 Å². The van der Waals surface area contributed by atoms with Crippen molar-refractivity contribution in [2.45, 2.75) is 32.4 Å². The predicted molar refractivity (Wildman–Crippen MR) is 115 cm³/mol. The predicted octanol–water partition coefficient (Wildman–Crippen LogP) is 1.94. The molecule has 1 atom stereocenters. The van der Waals surface area contributed by atoms with Gasteiger partial charge in [0.05, 0.1) is 19.4 Å². The zero-order chi connectivity index (χ0) is 22.0. The van der Waals surface area contributed by atoms with Crippen LogP contribution in [-0.4, -0.2) is 52.4 Å². The highest BCUT2D eigenvalue weighted by Crippen LogP contribution is 2.32. The topological polar surface area (TPSA) is 96.6 Å². The lowest BCUT2D eigenvalue weighted by molar-refractivity contribution is -0.134. The molecule has 0 aliphatic carbocycles. The van der Waals surface area contributed by atoms with Gasteiger partial charge in [0.15, 0.2) is 0 Å². The highest BCUT2D eigenvalue weighted by molar-refractivity contribution is 6.04. The number of para-hydroxylation sites is 1. The van der Waals surface area contributed by atoms with E-state index in [1.54, 1.807) is 24.2 Å². The van der Waals surface area contributed by atoms with Gasteiger partial charge in [-0.2, -0.15) is 0 Å². The molecule has 3 aromatic rings. The molecule has 0 spiro atoms. The monoisotopic (exact) mass is 422 g/mol. The Balaban J connectivity index is 1.44. The van der Waals surface area contributed by atoms with Crippen LogP contribution in [0.1, 0.15) is 30.1 Å². The summed E-state index contributed by atoms with van der Waals surface area (Å²) in [6, 6.07) is 13.2. The molecule has 1 aromatic carbocycles. The molecular weight excluding hydrogens is 396 g/mol. The number of nitrogens with zero attached hydrogens (tertiary/aromatic N) is 2. The fraction of sp³-hybridized carbons (Fsp3) is 0.348. The Kier molecular flexibility index (Phi) is 5.54. The van der Waals surface area contributed by atoms with Gasteiger partial charge >= 0.3 is 0 Å². The van der Waals surface area contributed by atoms with Gasteiger partial charge in [0.25, 0.3) is 5.91 Å². The molecule has 0 fully saturated rings. The van der Waals surface area contributed by atoms with Crippen molar-refractivity contribution in [1.82, 2.24) is 20.1 Å². The quantitative estimate of drug-likeness (QED) is 0.608. The fourth-order valence-corrected chi connectivity index (χ4v) is 4.19. The molecule has 8 heteroatoms. The van der Waals surface area contributed by atoms with Gasteiger partial charge in [0.1, 0.15) is 17.0 Å². The van der Waals surface area contributed by atoms with Crippen molar-refractivity contribution < 1.29 is 18.8 Å². The van der Waals surface area contributed by atoms with Gasteiger partial charge in [-0.05, 0) is 38.1 Å². The summed E-state index contributed by atoms with van der Waals surface area (Å²) in [7, 11) is 0. The number of carbonyl (C=O) groups is 3. The van der Waals surface area contributed by atoms with Crippen LogP contribution in [0.3, 0.4) is 0 Å². The van der Waals surface area contributed by atoms with Gasteiger partial charge < -0.3 is 24.5 Å². The molecule has 0 radical (unpaired) electrons. The molecule has 162 valence electrons. The van der Waals surface area contributed by atoms with Crippen molar-refractivity contribution in [1.29, 1.82) is 0 Å². The summed E-state index contributed by atoms with van der Waals surface area (Å²) in [5.41, 5.74) is 0.384. The lowest BCUT2D eigenvalue weighted by atomic mass is 9.95. The third kappa shape index (κ3) is 3.81. The van der Waals surface area contributed by atoms with E-state index in [2.05, 4.69) is 10.6 Å². The van der Waals surface area contributed by atoms with E-state index in [0.29, 0.717) is 31.7 Å². The lowest BCUT2D eigenvalue weighted by Gasteiger charge is -2.43. The molecule has 31 heavy (non-hydrogen) atoms. The fourth-order valence-electron chi connectivity index (χ4n) is 4.19. The molecule has 1 aliphatic rings. The van der Waals surface area contributed by atoms with Gasteiger partial charge in [-0.15, -0.1) is 0 Å². The van der Waals surface area contributed by atoms with Gasteiger partial charge in [-0.3, -0.25) is 14.4 Å². The summed E-state index contributed by atoms with van der Waals surface area (Å²) in [4.78, 5) is 40.1. The van der Waals surface area contributed by atoms with Crippen molar-refractivity contribution in [2.75, 3.05) is 19.6 Å². The van der Waals surface area contributed by atoms with E-state index < -0.39 is 5.54 Å². The minimum atomic E-state index is -1.10. The molecule has 0 unspecified atom stereocenters. The zero-order valence-electron chi connectivity index (χ0n) is 17.7. The van der Waals surface area contributed by atoms with E-state index in [0.717, 1.165) is 16.7 Å². The van der Waals surface area contributed by atoms with E-state index >= 15 is 0 Å². The normalized spacial score (nSPS) is 18.1. The average Bonchev–Trinajstić information content (AvgIpc) is 3.40. The van der Waals surface area contributed by atoms with Crippen molar-refractivity contribution in [3.05, 3.63) is 60.2 Å². The van der Waals surface area contributed by atoms with Gasteiger partial charge in [-0.1, -0.05) is 18.2 Å². The van der Waals surface area contributed by atoms with Crippen LogP contribution in [0.2, 0.25) is 0 Å². The second-order valence-electron chi connectivity index (χ2n) is 7.86. The first kappa shape index (κ1) is 20.7. The SMILES string of the molecule is CCN1C(=O)c2cc3ccccc3n2C[C@]1(C)C(=O)NCC(=O)NCCc1ccco1. The van der Waals surface area contributed by atoms with Crippen LogP contribution in [0.4, 0.5) is 0 Å². The molecule has 2 N–H and O–H groups in total. The molecule has 8 nitrogen and oxygen atoms in total. The summed E-state index contributed by atoms with van der Waals surface area (Å²) in [6.45, 7) is 4.57. The molecule has 0 saturated heterocycles. The maximum absolute atomic E-state index is 13.2. The molecule has 3 amide bonds. The van der Waals surface area contributed by atoms with Crippen molar-refractivity contribution in [3.63, 3.8) is 0 Å². The van der Waals surface area contributed by atoms with Crippen LogP contribution >= 0.6 is 0 Å². The molecule has 4 rings (SSSR count).